The molecule has 0 unspecified atom stereocenters. The van der Waals surface area contributed by atoms with Gasteiger partial charge in [0.2, 0.25) is 5.88 Å². The number of benzene rings is 3. The lowest BCUT2D eigenvalue weighted by Crippen LogP contribution is -2.11. The molecule has 1 amide bonds. The quantitative estimate of drug-likeness (QED) is 0.527. The number of hydrogen-bond acceptors (Lipinski definition) is 4. The number of nitrogens with one attached hydrogen (secondary N) is 1. The van der Waals surface area contributed by atoms with Crippen LogP contribution in [0, 0.1) is 0 Å². The second-order valence-corrected chi connectivity index (χ2v) is 6.06. The third-order valence-electron chi connectivity index (χ3n) is 4.06. The van der Waals surface area contributed by atoms with E-state index in [0.29, 0.717) is 22.9 Å². The van der Waals surface area contributed by atoms with Gasteiger partial charge >= 0.3 is 0 Å². The molecule has 0 spiro atoms. The van der Waals surface area contributed by atoms with Crippen LogP contribution in [0.2, 0.25) is 0 Å². The Labute approximate surface area is 162 Å². The van der Waals surface area contributed by atoms with Crippen molar-refractivity contribution >= 4 is 11.6 Å². The van der Waals surface area contributed by atoms with Gasteiger partial charge in [-0.25, -0.2) is 9.97 Å². The smallest absolute Gasteiger partial charge is 0.255 e. The highest BCUT2D eigenvalue weighted by Crippen LogP contribution is 2.24. The molecule has 5 nitrogen and oxygen atoms in total. The van der Waals surface area contributed by atoms with Crippen molar-refractivity contribution in [2.45, 2.75) is 0 Å². The van der Waals surface area contributed by atoms with Crippen LogP contribution in [0.4, 0.5) is 5.69 Å². The molecule has 28 heavy (non-hydrogen) atoms. The second kappa shape index (κ2) is 8.14. The maximum atomic E-state index is 12.5. The van der Waals surface area contributed by atoms with Gasteiger partial charge in [0.1, 0.15) is 12.1 Å². The van der Waals surface area contributed by atoms with Crippen molar-refractivity contribution in [3.8, 4) is 22.9 Å². The molecule has 0 fully saturated rings. The van der Waals surface area contributed by atoms with E-state index in [2.05, 4.69) is 15.3 Å². The predicted molar refractivity (Wildman–Crippen MR) is 108 cm³/mol. The van der Waals surface area contributed by atoms with Crippen LogP contribution in [-0.4, -0.2) is 15.9 Å². The van der Waals surface area contributed by atoms with E-state index >= 15 is 0 Å². The molecule has 0 atom stereocenters. The summed E-state index contributed by atoms with van der Waals surface area (Å²) >= 11 is 0. The predicted octanol–water partition coefficient (Wildman–Crippen LogP) is 5.19. The maximum absolute atomic E-state index is 12.5. The second-order valence-electron chi connectivity index (χ2n) is 6.06. The Morgan fingerprint density at radius 2 is 1.54 bits per heavy atom. The van der Waals surface area contributed by atoms with Crippen LogP contribution in [-0.2, 0) is 0 Å². The van der Waals surface area contributed by atoms with E-state index in [1.54, 1.807) is 18.2 Å². The van der Waals surface area contributed by atoms with Crippen LogP contribution in [0.1, 0.15) is 10.4 Å². The molecule has 5 heteroatoms. The van der Waals surface area contributed by atoms with Gasteiger partial charge in [-0.05, 0) is 36.4 Å². The Balaban J connectivity index is 1.56. The molecule has 136 valence electrons. The number of carbonyl (C=O) groups is 1. The number of para-hydroxylation sites is 2. The number of ether oxygens (including phenoxy) is 1. The first-order chi connectivity index (χ1) is 13.8. The monoisotopic (exact) mass is 367 g/mol. The fraction of sp³-hybridized carbons (Fsp3) is 0. The molecule has 3 aromatic carbocycles. The van der Waals surface area contributed by atoms with Crippen LogP contribution >= 0.6 is 0 Å². The molecule has 0 aliphatic heterocycles. The van der Waals surface area contributed by atoms with E-state index < -0.39 is 0 Å². The Bertz CT molecular complexity index is 1080. The van der Waals surface area contributed by atoms with Crippen molar-refractivity contribution in [2.24, 2.45) is 0 Å². The molecular formula is C23H17N3O2. The summed E-state index contributed by atoms with van der Waals surface area (Å²) in [4.78, 5) is 21.0. The first kappa shape index (κ1) is 17.4. The van der Waals surface area contributed by atoms with Crippen LogP contribution in [0.25, 0.3) is 11.3 Å². The molecule has 0 radical (unpaired) electrons. The van der Waals surface area contributed by atoms with E-state index in [1.807, 2.05) is 72.8 Å². The van der Waals surface area contributed by atoms with Crippen LogP contribution < -0.4 is 10.1 Å². The van der Waals surface area contributed by atoms with Crippen molar-refractivity contribution in [3.63, 3.8) is 0 Å². The highest BCUT2D eigenvalue weighted by molar-refractivity contribution is 6.04. The molecular weight excluding hydrogens is 350 g/mol. The zero-order chi connectivity index (χ0) is 19.2. The number of aromatic nitrogens is 2. The highest BCUT2D eigenvalue weighted by Gasteiger charge is 2.09. The molecule has 1 heterocycles. The van der Waals surface area contributed by atoms with E-state index in [-0.39, 0.29) is 5.91 Å². The van der Waals surface area contributed by atoms with Gasteiger partial charge < -0.3 is 10.1 Å². The molecule has 1 aromatic heterocycles. The summed E-state index contributed by atoms with van der Waals surface area (Å²) in [6.45, 7) is 0. The van der Waals surface area contributed by atoms with Crippen molar-refractivity contribution < 1.29 is 9.53 Å². The number of nitrogens with zero attached hydrogens (tertiary/aromatic N) is 2. The summed E-state index contributed by atoms with van der Waals surface area (Å²) in [5.74, 6) is 0.960. The summed E-state index contributed by atoms with van der Waals surface area (Å²) < 4.78 is 5.77. The fourth-order valence-electron chi connectivity index (χ4n) is 2.71. The normalized spacial score (nSPS) is 10.3. The first-order valence-corrected chi connectivity index (χ1v) is 8.80. The van der Waals surface area contributed by atoms with E-state index in [0.717, 1.165) is 11.3 Å². The summed E-state index contributed by atoms with van der Waals surface area (Å²) in [7, 11) is 0. The van der Waals surface area contributed by atoms with Crippen molar-refractivity contribution in [1.29, 1.82) is 0 Å². The Morgan fingerprint density at radius 1 is 0.786 bits per heavy atom. The lowest BCUT2D eigenvalue weighted by atomic mass is 10.1. The third kappa shape index (κ3) is 4.22. The summed E-state index contributed by atoms with van der Waals surface area (Å²) in [6.07, 6.45) is 1.45. The average Bonchev–Trinajstić information content (AvgIpc) is 2.75. The van der Waals surface area contributed by atoms with E-state index in [1.165, 1.54) is 6.33 Å². The molecule has 0 bridgehead atoms. The molecule has 0 aliphatic rings. The van der Waals surface area contributed by atoms with Gasteiger partial charge in [-0.1, -0.05) is 48.5 Å². The molecule has 4 aromatic rings. The zero-order valence-electron chi connectivity index (χ0n) is 14.9. The minimum absolute atomic E-state index is 0.178. The summed E-state index contributed by atoms with van der Waals surface area (Å²) in [5.41, 5.74) is 2.78. The summed E-state index contributed by atoms with van der Waals surface area (Å²) in [5, 5.41) is 2.88. The Hall–Kier alpha value is -3.99. The average molecular weight is 367 g/mol. The largest absolute Gasteiger partial charge is 0.439 e. The van der Waals surface area contributed by atoms with Gasteiger partial charge in [0.15, 0.2) is 0 Å². The SMILES string of the molecule is O=C(Nc1ccccc1)c1cccc(-c2cc(Oc3ccccc3)ncn2)c1. The van der Waals surface area contributed by atoms with Gasteiger partial charge in [0.25, 0.3) is 5.91 Å². The molecule has 0 aliphatic carbocycles. The van der Waals surface area contributed by atoms with Crippen LogP contribution in [0.3, 0.4) is 0 Å². The van der Waals surface area contributed by atoms with Crippen molar-refractivity contribution in [1.82, 2.24) is 9.97 Å². The number of hydrogen-bond donors (Lipinski definition) is 1. The van der Waals surface area contributed by atoms with Gasteiger partial charge in [-0.3, -0.25) is 4.79 Å². The lowest BCUT2D eigenvalue weighted by molar-refractivity contribution is 0.102. The minimum atomic E-state index is -0.178. The maximum Gasteiger partial charge on any atom is 0.255 e. The molecule has 0 saturated carbocycles. The van der Waals surface area contributed by atoms with E-state index in [4.69, 9.17) is 4.74 Å². The third-order valence-corrected chi connectivity index (χ3v) is 4.06. The molecule has 4 rings (SSSR count). The highest BCUT2D eigenvalue weighted by atomic mass is 16.5. The standard InChI is InChI=1S/C23H17N3O2/c27-23(26-19-10-3-1-4-11-19)18-9-7-8-17(14-18)21-15-22(25-16-24-21)28-20-12-5-2-6-13-20/h1-16H,(H,26,27). The molecule has 0 saturated heterocycles. The number of carbonyl (C=O) groups excluding carboxylic acids is 1. The van der Waals surface area contributed by atoms with Gasteiger partial charge in [-0.15, -0.1) is 0 Å². The first-order valence-electron chi connectivity index (χ1n) is 8.80. The topological polar surface area (TPSA) is 64.1 Å². The van der Waals surface area contributed by atoms with Crippen LogP contribution in [0.5, 0.6) is 11.6 Å². The Morgan fingerprint density at radius 3 is 2.32 bits per heavy atom. The zero-order valence-corrected chi connectivity index (χ0v) is 14.9. The fourth-order valence-corrected chi connectivity index (χ4v) is 2.71. The number of rotatable bonds is 5. The van der Waals surface area contributed by atoms with Gasteiger partial charge in [-0.2, -0.15) is 0 Å². The summed E-state index contributed by atoms with van der Waals surface area (Å²) in [6, 6.07) is 27.8. The van der Waals surface area contributed by atoms with Crippen molar-refractivity contribution in [2.75, 3.05) is 5.32 Å². The number of anilines is 1. The van der Waals surface area contributed by atoms with Gasteiger partial charge in [0.05, 0.1) is 5.69 Å². The van der Waals surface area contributed by atoms with Crippen molar-refractivity contribution in [3.05, 3.63) is 103 Å². The van der Waals surface area contributed by atoms with E-state index in [9.17, 15) is 4.79 Å². The van der Waals surface area contributed by atoms with Crippen LogP contribution in [0.15, 0.2) is 97.3 Å². The molecule has 1 N–H and O–H groups in total. The Kier molecular flexibility index (Phi) is 5.06. The lowest BCUT2D eigenvalue weighted by Gasteiger charge is -2.08. The number of amides is 1. The minimum Gasteiger partial charge on any atom is -0.439 e. The van der Waals surface area contributed by atoms with Gasteiger partial charge in [0, 0.05) is 22.9 Å².